The van der Waals surface area contributed by atoms with Crippen molar-refractivity contribution in [1.82, 2.24) is 5.32 Å². The minimum Gasteiger partial charge on any atom is -0.458 e. The first-order chi connectivity index (χ1) is 19.9. The highest BCUT2D eigenvalue weighted by atomic mass is 19.1. The van der Waals surface area contributed by atoms with Crippen molar-refractivity contribution in [3.8, 4) is 0 Å². The van der Waals surface area contributed by atoms with Crippen LogP contribution in [0.15, 0.2) is 35.9 Å². The molecular weight excluding hydrogens is 541 g/mol. The Morgan fingerprint density at radius 2 is 1.81 bits per heavy atom. The van der Waals surface area contributed by atoms with E-state index in [1.54, 1.807) is 18.2 Å². The van der Waals surface area contributed by atoms with Crippen molar-refractivity contribution in [3.63, 3.8) is 0 Å². The van der Waals surface area contributed by atoms with Crippen molar-refractivity contribution < 1.29 is 38.5 Å². The quantitative estimate of drug-likeness (QED) is 0.379. The highest BCUT2D eigenvalue weighted by molar-refractivity contribution is 5.92. The molecule has 0 radical (unpaired) electrons. The minimum atomic E-state index is -1.72. The lowest BCUT2D eigenvalue weighted by Crippen LogP contribution is -2.62. The third kappa shape index (κ3) is 5.46. The molecule has 1 aromatic carbocycles. The number of allylic oxidation sites excluding steroid dienone is 1. The zero-order chi connectivity index (χ0) is 30.3. The second kappa shape index (κ2) is 11.6. The number of aliphatic hydroxyl groups is 2. The fourth-order valence-electron chi connectivity index (χ4n) is 8.79. The molecule has 1 aromatic rings. The Labute approximate surface area is 246 Å². The summed E-state index contributed by atoms with van der Waals surface area (Å²) >= 11 is 0. The molecule has 8 nitrogen and oxygen atoms in total. The zero-order valence-electron chi connectivity index (χ0n) is 24.5. The van der Waals surface area contributed by atoms with Gasteiger partial charge in [-0.15, -0.1) is 0 Å². The van der Waals surface area contributed by atoms with Gasteiger partial charge in [0, 0.05) is 24.8 Å². The molecule has 4 aliphatic rings. The standard InChI is InChI=1S/C33H42FNO7/c1-31-14-11-23(36)17-21(31)5-8-24-25-12-15-33(41,32(25,2)18-26(37)30(24)31)27(38)19-42-29(40)10-9-28(39)35-16-13-20-3-6-22(34)7-4-20/h3-4,6-7,17,24-26,30,37,41H,5,8-16,18-19H2,1-2H3,(H,35,39)/t24?,25?,26?,30?,31-,32-,33-/m0/s1. The number of ether oxygens (including phenoxy) is 1. The summed E-state index contributed by atoms with van der Waals surface area (Å²) < 4.78 is 18.2. The van der Waals surface area contributed by atoms with E-state index in [0.29, 0.717) is 32.2 Å². The molecular formula is C33H42FNO7. The first-order valence-electron chi connectivity index (χ1n) is 15.2. The predicted octanol–water partition coefficient (Wildman–Crippen LogP) is 3.61. The Bertz CT molecular complexity index is 1280. The minimum absolute atomic E-state index is 0.0270. The molecule has 0 saturated heterocycles. The van der Waals surface area contributed by atoms with Crippen molar-refractivity contribution in [2.45, 2.75) is 89.8 Å². The maximum absolute atomic E-state index is 13.4. The summed E-state index contributed by atoms with van der Waals surface area (Å²) in [7, 11) is 0. The molecule has 3 saturated carbocycles. The van der Waals surface area contributed by atoms with Gasteiger partial charge in [0.1, 0.15) is 11.4 Å². The summed E-state index contributed by atoms with van der Waals surface area (Å²) in [5.74, 6) is -1.65. The van der Waals surface area contributed by atoms with Crippen LogP contribution in [0.5, 0.6) is 0 Å². The van der Waals surface area contributed by atoms with Crippen LogP contribution < -0.4 is 5.32 Å². The number of Topliss-reactive ketones (excluding diaryl/α,β-unsaturated/α-hetero) is 1. The van der Waals surface area contributed by atoms with Gasteiger partial charge in [-0.1, -0.05) is 31.6 Å². The Morgan fingerprint density at radius 1 is 1.07 bits per heavy atom. The van der Waals surface area contributed by atoms with E-state index in [1.165, 1.54) is 12.1 Å². The molecule has 5 rings (SSSR count). The van der Waals surface area contributed by atoms with Crippen LogP contribution >= 0.6 is 0 Å². The second-order valence-corrected chi connectivity index (χ2v) is 13.3. The summed E-state index contributed by atoms with van der Waals surface area (Å²) in [4.78, 5) is 50.0. The molecule has 0 spiro atoms. The number of benzene rings is 1. The van der Waals surface area contributed by atoms with E-state index >= 15 is 0 Å². The smallest absolute Gasteiger partial charge is 0.306 e. The monoisotopic (exact) mass is 583 g/mol. The van der Waals surface area contributed by atoms with Gasteiger partial charge < -0.3 is 20.3 Å². The highest BCUT2D eigenvalue weighted by Gasteiger charge is 2.68. The Kier molecular flexibility index (Phi) is 8.47. The largest absolute Gasteiger partial charge is 0.458 e. The van der Waals surface area contributed by atoms with Crippen LogP contribution in [0.3, 0.4) is 0 Å². The number of fused-ring (bicyclic) bond motifs is 5. The molecule has 3 fully saturated rings. The topological polar surface area (TPSA) is 130 Å². The third-order valence-electron chi connectivity index (χ3n) is 11.1. The Morgan fingerprint density at radius 3 is 2.55 bits per heavy atom. The summed E-state index contributed by atoms with van der Waals surface area (Å²) in [6.07, 6.45) is 5.22. The number of esters is 1. The molecule has 0 aromatic heterocycles. The van der Waals surface area contributed by atoms with E-state index in [1.807, 2.05) is 6.92 Å². The number of amides is 1. The number of aliphatic hydroxyl groups excluding tert-OH is 1. The van der Waals surface area contributed by atoms with Gasteiger partial charge in [-0.3, -0.25) is 19.2 Å². The second-order valence-electron chi connectivity index (χ2n) is 13.3. The maximum Gasteiger partial charge on any atom is 0.306 e. The van der Waals surface area contributed by atoms with Crippen molar-refractivity contribution in [2.75, 3.05) is 13.2 Å². The van der Waals surface area contributed by atoms with Crippen LogP contribution in [0.2, 0.25) is 0 Å². The van der Waals surface area contributed by atoms with E-state index < -0.39 is 35.5 Å². The van der Waals surface area contributed by atoms with Crippen LogP contribution in [0.25, 0.3) is 0 Å². The molecule has 0 heterocycles. The number of carbonyl (C=O) groups is 4. The Hall–Kier alpha value is -2.91. The molecule has 0 aliphatic heterocycles. The van der Waals surface area contributed by atoms with E-state index in [4.69, 9.17) is 4.74 Å². The highest BCUT2D eigenvalue weighted by Crippen LogP contribution is 2.67. The van der Waals surface area contributed by atoms with Crippen LogP contribution in [0.1, 0.15) is 77.2 Å². The normalized spacial score (nSPS) is 35.4. The van der Waals surface area contributed by atoms with E-state index in [9.17, 15) is 33.8 Å². The van der Waals surface area contributed by atoms with Crippen molar-refractivity contribution >= 4 is 23.4 Å². The molecule has 4 aliphatic carbocycles. The van der Waals surface area contributed by atoms with Gasteiger partial charge in [-0.05, 0) is 91.9 Å². The summed E-state index contributed by atoms with van der Waals surface area (Å²) in [6.45, 7) is 3.80. The molecule has 42 heavy (non-hydrogen) atoms. The molecule has 228 valence electrons. The number of ketones is 2. The summed E-state index contributed by atoms with van der Waals surface area (Å²) in [5.41, 5.74) is -0.836. The fraction of sp³-hybridized carbons (Fsp3) is 0.636. The van der Waals surface area contributed by atoms with Crippen LogP contribution in [0.4, 0.5) is 4.39 Å². The van der Waals surface area contributed by atoms with Gasteiger partial charge in [-0.25, -0.2) is 4.39 Å². The lowest BCUT2D eigenvalue weighted by molar-refractivity contribution is -0.184. The maximum atomic E-state index is 13.4. The number of carbonyl (C=O) groups excluding carboxylic acids is 4. The number of hydrogen-bond acceptors (Lipinski definition) is 7. The SMILES string of the molecule is C[C@]12CCC(=O)C=C1CCC1C2C(O)C[C@@]2(C)C1CC[C@]2(O)C(=O)COC(=O)CCC(=O)NCCc1ccc(F)cc1. The van der Waals surface area contributed by atoms with E-state index in [0.717, 1.165) is 24.0 Å². The summed E-state index contributed by atoms with van der Waals surface area (Å²) in [6, 6.07) is 6.00. The average molecular weight is 584 g/mol. The average Bonchev–Trinajstić information content (AvgIpc) is 3.22. The number of nitrogens with one attached hydrogen (secondary N) is 1. The summed E-state index contributed by atoms with van der Waals surface area (Å²) in [5, 5.41) is 26.0. The first kappa shape index (κ1) is 30.5. The number of hydrogen-bond donors (Lipinski definition) is 3. The van der Waals surface area contributed by atoms with Crippen LogP contribution in [-0.2, 0) is 30.3 Å². The Balaban J connectivity index is 1.13. The van der Waals surface area contributed by atoms with Crippen molar-refractivity contribution in [2.24, 2.45) is 28.6 Å². The zero-order valence-corrected chi connectivity index (χ0v) is 24.5. The van der Waals surface area contributed by atoms with Crippen molar-refractivity contribution in [1.29, 1.82) is 0 Å². The van der Waals surface area contributed by atoms with Gasteiger partial charge in [0.2, 0.25) is 11.7 Å². The molecule has 9 heteroatoms. The van der Waals surface area contributed by atoms with E-state index in [2.05, 4.69) is 12.2 Å². The van der Waals surface area contributed by atoms with Gasteiger partial charge in [0.25, 0.3) is 0 Å². The lowest BCUT2D eigenvalue weighted by atomic mass is 9.45. The van der Waals surface area contributed by atoms with Crippen LogP contribution in [-0.4, -0.2) is 58.5 Å². The third-order valence-corrected chi connectivity index (χ3v) is 11.1. The molecule has 1 amide bonds. The molecule has 4 unspecified atom stereocenters. The number of rotatable bonds is 9. The molecule has 3 N–H and O–H groups in total. The van der Waals surface area contributed by atoms with Crippen LogP contribution in [0, 0.1) is 34.4 Å². The van der Waals surface area contributed by atoms with E-state index in [-0.39, 0.29) is 66.4 Å². The van der Waals surface area contributed by atoms with Gasteiger partial charge in [-0.2, -0.15) is 0 Å². The van der Waals surface area contributed by atoms with Gasteiger partial charge in [0.15, 0.2) is 12.4 Å². The molecule has 7 atom stereocenters. The first-order valence-corrected chi connectivity index (χ1v) is 15.2. The van der Waals surface area contributed by atoms with Gasteiger partial charge >= 0.3 is 5.97 Å². The number of halogens is 1. The van der Waals surface area contributed by atoms with Crippen molar-refractivity contribution in [3.05, 3.63) is 47.3 Å². The fourth-order valence-corrected chi connectivity index (χ4v) is 8.79. The lowest BCUT2D eigenvalue weighted by Gasteiger charge is -2.60. The predicted molar refractivity (Wildman–Crippen MR) is 151 cm³/mol. The van der Waals surface area contributed by atoms with Gasteiger partial charge in [0.05, 0.1) is 12.5 Å². The molecule has 0 bridgehead atoms.